The highest BCUT2D eigenvalue weighted by Gasteiger charge is 2.05. The summed E-state index contributed by atoms with van der Waals surface area (Å²) in [7, 11) is 0. The SMILES string of the molecule is O=c1nc(-c2ccccc2)[nH]c2cscc12. The van der Waals surface area contributed by atoms with Crippen molar-refractivity contribution < 1.29 is 0 Å². The number of fused-ring (bicyclic) bond motifs is 1. The molecule has 78 valence electrons. The Morgan fingerprint density at radius 2 is 1.94 bits per heavy atom. The monoisotopic (exact) mass is 228 g/mol. The van der Waals surface area contributed by atoms with E-state index in [9.17, 15) is 4.79 Å². The number of hydrogen-bond donors (Lipinski definition) is 1. The van der Waals surface area contributed by atoms with Crippen LogP contribution >= 0.6 is 11.3 Å². The van der Waals surface area contributed by atoms with Gasteiger partial charge >= 0.3 is 0 Å². The first kappa shape index (κ1) is 9.30. The lowest BCUT2D eigenvalue weighted by atomic mass is 10.2. The maximum atomic E-state index is 11.7. The summed E-state index contributed by atoms with van der Waals surface area (Å²) in [6.07, 6.45) is 0. The van der Waals surface area contributed by atoms with Gasteiger partial charge in [0.1, 0.15) is 5.82 Å². The maximum Gasteiger partial charge on any atom is 0.281 e. The zero-order valence-corrected chi connectivity index (χ0v) is 9.12. The van der Waals surface area contributed by atoms with Crippen molar-refractivity contribution in [2.75, 3.05) is 0 Å². The van der Waals surface area contributed by atoms with Gasteiger partial charge < -0.3 is 4.98 Å². The number of nitrogens with zero attached hydrogens (tertiary/aromatic N) is 1. The number of aromatic amines is 1. The van der Waals surface area contributed by atoms with Crippen LogP contribution in [0.1, 0.15) is 0 Å². The topological polar surface area (TPSA) is 45.8 Å². The predicted octanol–water partition coefficient (Wildman–Crippen LogP) is 2.65. The van der Waals surface area contributed by atoms with E-state index in [-0.39, 0.29) is 5.56 Å². The molecule has 0 radical (unpaired) electrons. The van der Waals surface area contributed by atoms with Crippen LogP contribution in [-0.4, -0.2) is 9.97 Å². The minimum atomic E-state index is -0.172. The van der Waals surface area contributed by atoms with Gasteiger partial charge in [-0.15, -0.1) is 11.3 Å². The molecule has 0 saturated heterocycles. The van der Waals surface area contributed by atoms with Gasteiger partial charge in [-0.1, -0.05) is 30.3 Å². The summed E-state index contributed by atoms with van der Waals surface area (Å²) >= 11 is 1.50. The van der Waals surface area contributed by atoms with E-state index in [0.717, 1.165) is 11.1 Å². The normalized spacial score (nSPS) is 10.8. The van der Waals surface area contributed by atoms with Crippen LogP contribution in [0.3, 0.4) is 0 Å². The summed E-state index contributed by atoms with van der Waals surface area (Å²) in [4.78, 5) is 18.9. The Bertz CT molecular complexity index is 685. The van der Waals surface area contributed by atoms with Gasteiger partial charge in [-0.3, -0.25) is 4.79 Å². The van der Waals surface area contributed by atoms with Crippen molar-refractivity contribution in [3.63, 3.8) is 0 Å². The molecule has 0 aliphatic heterocycles. The molecular formula is C12H8N2OS. The van der Waals surface area contributed by atoms with Crippen molar-refractivity contribution in [1.29, 1.82) is 0 Å². The van der Waals surface area contributed by atoms with Gasteiger partial charge in [0, 0.05) is 16.3 Å². The van der Waals surface area contributed by atoms with Crippen molar-refractivity contribution in [1.82, 2.24) is 9.97 Å². The summed E-state index contributed by atoms with van der Waals surface area (Å²) in [5.41, 5.74) is 1.60. The second-order valence-corrected chi connectivity index (χ2v) is 4.20. The third-order valence-electron chi connectivity index (χ3n) is 2.41. The van der Waals surface area contributed by atoms with Gasteiger partial charge in [-0.05, 0) is 0 Å². The molecule has 3 nitrogen and oxygen atoms in total. The number of rotatable bonds is 1. The highest BCUT2D eigenvalue weighted by atomic mass is 32.1. The van der Waals surface area contributed by atoms with Crippen LogP contribution in [0.15, 0.2) is 45.9 Å². The van der Waals surface area contributed by atoms with E-state index < -0.39 is 0 Å². The molecule has 3 rings (SSSR count). The Morgan fingerprint density at radius 3 is 2.75 bits per heavy atom. The van der Waals surface area contributed by atoms with Crippen LogP contribution in [0.25, 0.3) is 22.3 Å². The standard InChI is InChI=1S/C12H8N2OS/c15-12-9-6-16-7-10(9)13-11(14-12)8-4-2-1-3-5-8/h1-7H,(H,13,14,15). The van der Waals surface area contributed by atoms with Crippen molar-refractivity contribution in [3.8, 4) is 11.4 Å². The van der Waals surface area contributed by atoms with E-state index in [0.29, 0.717) is 11.2 Å². The lowest BCUT2D eigenvalue weighted by molar-refractivity contribution is 1.18. The molecule has 2 heterocycles. The first-order valence-electron chi connectivity index (χ1n) is 4.86. The van der Waals surface area contributed by atoms with Crippen LogP contribution in [0.2, 0.25) is 0 Å². The van der Waals surface area contributed by atoms with Gasteiger partial charge in [0.05, 0.1) is 10.9 Å². The van der Waals surface area contributed by atoms with E-state index in [1.807, 2.05) is 41.1 Å². The molecule has 0 unspecified atom stereocenters. The van der Waals surface area contributed by atoms with E-state index in [4.69, 9.17) is 0 Å². The summed E-state index contributed by atoms with van der Waals surface area (Å²) in [6.45, 7) is 0. The molecular weight excluding hydrogens is 220 g/mol. The Hall–Kier alpha value is -1.94. The Labute approximate surface area is 95.4 Å². The van der Waals surface area contributed by atoms with Crippen LogP contribution in [0, 0.1) is 0 Å². The maximum absolute atomic E-state index is 11.7. The molecule has 2 aromatic heterocycles. The lowest BCUT2D eigenvalue weighted by Crippen LogP contribution is -2.07. The summed E-state index contributed by atoms with van der Waals surface area (Å²) in [6, 6.07) is 9.64. The van der Waals surface area contributed by atoms with Gasteiger partial charge in [-0.2, -0.15) is 4.98 Å². The summed E-state index contributed by atoms with van der Waals surface area (Å²) < 4.78 is 0. The van der Waals surface area contributed by atoms with Crippen LogP contribution in [-0.2, 0) is 0 Å². The molecule has 3 aromatic rings. The fourth-order valence-electron chi connectivity index (χ4n) is 1.61. The highest BCUT2D eigenvalue weighted by Crippen LogP contribution is 2.17. The summed E-state index contributed by atoms with van der Waals surface area (Å²) in [5.74, 6) is 0.622. The molecule has 1 N–H and O–H groups in total. The molecule has 0 saturated carbocycles. The Balaban J connectivity index is 2.30. The van der Waals surface area contributed by atoms with Gasteiger partial charge in [0.2, 0.25) is 0 Å². The summed E-state index contributed by atoms with van der Waals surface area (Å²) in [5, 5.41) is 4.39. The molecule has 0 aliphatic rings. The van der Waals surface area contributed by atoms with Crippen LogP contribution < -0.4 is 5.56 Å². The number of aromatic nitrogens is 2. The molecule has 0 bridgehead atoms. The zero-order chi connectivity index (χ0) is 11.0. The molecule has 1 aromatic carbocycles. The number of thiophene rings is 1. The number of hydrogen-bond acceptors (Lipinski definition) is 3. The van der Waals surface area contributed by atoms with E-state index >= 15 is 0 Å². The molecule has 0 fully saturated rings. The average Bonchev–Trinajstić information content (AvgIpc) is 2.79. The molecule has 0 atom stereocenters. The molecule has 0 spiro atoms. The largest absolute Gasteiger partial charge is 0.338 e. The van der Waals surface area contributed by atoms with E-state index in [2.05, 4.69) is 9.97 Å². The second-order valence-electron chi connectivity index (χ2n) is 3.46. The first-order valence-corrected chi connectivity index (χ1v) is 5.80. The molecule has 4 heteroatoms. The molecule has 16 heavy (non-hydrogen) atoms. The van der Waals surface area contributed by atoms with Crippen LogP contribution in [0.5, 0.6) is 0 Å². The van der Waals surface area contributed by atoms with Crippen molar-refractivity contribution in [3.05, 3.63) is 51.4 Å². The molecule has 0 amide bonds. The smallest absolute Gasteiger partial charge is 0.281 e. The van der Waals surface area contributed by atoms with Crippen LogP contribution in [0.4, 0.5) is 0 Å². The third kappa shape index (κ3) is 1.44. The van der Waals surface area contributed by atoms with Crippen molar-refractivity contribution in [2.24, 2.45) is 0 Å². The number of nitrogens with one attached hydrogen (secondary N) is 1. The van der Waals surface area contributed by atoms with E-state index in [1.165, 1.54) is 11.3 Å². The average molecular weight is 228 g/mol. The van der Waals surface area contributed by atoms with Gasteiger partial charge in [0.25, 0.3) is 5.56 Å². The zero-order valence-electron chi connectivity index (χ0n) is 8.31. The first-order chi connectivity index (χ1) is 7.84. The van der Waals surface area contributed by atoms with Crippen molar-refractivity contribution in [2.45, 2.75) is 0 Å². The Kier molecular flexibility index (Phi) is 2.08. The molecule has 0 aliphatic carbocycles. The fourth-order valence-corrected chi connectivity index (χ4v) is 2.36. The third-order valence-corrected chi connectivity index (χ3v) is 3.15. The van der Waals surface area contributed by atoms with Crippen molar-refractivity contribution >= 4 is 22.2 Å². The van der Waals surface area contributed by atoms with Gasteiger partial charge in [0.15, 0.2) is 0 Å². The number of benzene rings is 1. The lowest BCUT2D eigenvalue weighted by Gasteiger charge is -2.00. The van der Waals surface area contributed by atoms with E-state index in [1.54, 1.807) is 0 Å². The Morgan fingerprint density at radius 1 is 1.12 bits per heavy atom. The quantitative estimate of drug-likeness (QED) is 0.696. The second kappa shape index (κ2) is 3.57. The minimum Gasteiger partial charge on any atom is -0.338 e. The fraction of sp³-hybridized carbons (Fsp3) is 0. The highest BCUT2D eigenvalue weighted by molar-refractivity contribution is 7.09. The predicted molar refractivity (Wildman–Crippen MR) is 65.7 cm³/mol. The van der Waals surface area contributed by atoms with Gasteiger partial charge in [-0.25, -0.2) is 0 Å². The number of H-pyrrole nitrogens is 1. The minimum absolute atomic E-state index is 0.172.